The zero-order valence-electron chi connectivity index (χ0n) is 12.0. The normalized spacial score (nSPS) is 11.2. The minimum absolute atomic E-state index is 0.177. The summed E-state index contributed by atoms with van der Waals surface area (Å²) in [5.41, 5.74) is 0.564. The van der Waals surface area contributed by atoms with Gasteiger partial charge in [0.1, 0.15) is 0 Å². The van der Waals surface area contributed by atoms with Crippen molar-refractivity contribution in [1.29, 1.82) is 0 Å². The number of hydrogen-bond donors (Lipinski definition) is 1. The molecule has 1 N–H and O–H groups in total. The van der Waals surface area contributed by atoms with Crippen molar-refractivity contribution in [2.75, 3.05) is 6.26 Å². The fraction of sp³-hybridized carbons (Fsp3) is 0.214. The molecule has 0 atom stereocenters. The van der Waals surface area contributed by atoms with Gasteiger partial charge in [-0.3, -0.25) is 14.3 Å². The Labute approximate surface area is 134 Å². The van der Waals surface area contributed by atoms with Crippen LogP contribution >= 0.6 is 23.4 Å². The molecule has 6 nitrogen and oxygen atoms in total. The molecule has 3 aromatic rings. The van der Waals surface area contributed by atoms with Crippen LogP contribution in [-0.2, 0) is 13.6 Å². The minimum Gasteiger partial charge on any atom is -0.304 e. The summed E-state index contributed by atoms with van der Waals surface area (Å²) in [6.45, 7) is 0.408. The third-order valence-electron chi connectivity index (χ3n) is 3.46. The molecule has 0 radical (unpaired) electrons. The Balaban J connectivity index is 2.14. The van der Waals surface area contributed by atoms with Gasteiger partial charge in [-0.05, 0) is 35.6 Å². The van der Waals surface area contributed by atoms with Crippen LogP contribution in [0.5, 0.6) is 0 Å². The standard InChI is InChI=1S/C14H13ClN4O2S/c1-18-11-10(12(20)17-14(18)21)19(13(15)16-11)7-8-3-5-9(22-2)6-4-8/h3-6H,7H2,1-2H3,(H,17,20,21). The topological polar surface area (TPSA) is 72.7 Å². The number of imidazole rings is 1. The summed E-state index contributed by atoms with van der Waals surface area (Å²) >= 11 is 7.81. The Morgan fingerprint density at radius 3 is 2.59 bits per heavy atom. The molecule has 0 aliphatic heterocycles. The van der Waals surface area contributed by atoms with E-state index in [9.17, 15) is 9.59 Å². The highest BCUT2D eigenvalue weighted by atomic mass is 35.5. The van der Waals surface area contributed by atoms with Crippen molar-refractivity contribution in [3.8, 4) is 0 Å². The smallest absolute Gasteiger partial charge is 0.304 e. The first-order chi connectivity index (χ1) is 10.5. The van der Waals surface area contributed by atoms with Crippen LogP contribution in [0.15, 0.2) is 38.8 Å². The zero-order chi connectivity index (χ0) is 15.9. The molecule has 0 bridgehead atoms. The van der Waals surface area contributed by atoms with Gasteiger partial charge in [0, 0.05) is 11.9 Å². The number of H-pyrrole nitrogens is 1. The van der Waals surface area contributed by atoms with Crippen LogP contribution in [0.4, 0.5) is 0 Å². The Hall–Kier alpha value is -1.99. The summed E-state index contributed by atoms with van der Waals surface area (Å²) in [5, 5.41) is 0.177. The molecule has 0 amide bonds. The Kier molecular flexibility index (Phi) is 3.84. The van der Waals surface area contributed by atoms with Crippen molar-refractivity contribution in [2.45, 2.75) is 11.4 Å². The van der Waals surface area contributed by atoms with E-state index in [1.807, 2.05) is 30.5 Å². The van der Waals surface area contributed by atoms with E-state index < -0.39 is 11.2 Å². The van der Waals surface area contributed by atoms with E-state index in [-0.39, 0.29) is 10.9 Å². The number of benzene rings is 1. The fourth-order valence-corrected chi connectivity index (χ4v) is 2.90. The van der Waals surface area contributed by atoms with Crippen LogP contribution in [0.2, 0.25) is 5.28 Å². The van der Waals surface area contributed by atoms with Gasteiger partial charge >= 0.3 is 5.69 Å². The number of hydrogen-bond acceptors (Lipinski definition) is 4. The predicted octanol–water partition coefficient (Wildman–Crippen LogP) is 1.85. The average Bonchev–Trinajstić information content (AvgIpc) is 2.83. The number of fused-ring (bicyclic) bond motifs is 1. The second-order valence-electron chi connectivity index (χ2n) is 4.81. The zero-order valence-corrected chi connectivity index (χ0v) is 13.5. The van der Waals surface area contributed by atoms with Crippen LogP contribution in [0.3, 0.4) is 0 Å². The highest BCUT2D eigenvalue weighted by molar-refractivity contribution is 7.98. The maximum Gasteiger partial charge on any atom is 0.329 e. The average molecular weight is 337 g/mol. The molecule has 0 spiro atoms. The first kappa shape index (κ1) is 14.9. The van der Waals surface area contributed by atoms with Crippen LogP contribution in [0.25, 0.3) is 11.2 Å². The van der Waals surface area contributed by atoms with E-state index in [0.717, 1.165) is 10.5 Å². The molecule has 0 aliphatic rings. The number of thioether (sulfide) groups is 1. The lowest BCUT2D eigenvalue weighted by atomic mass is 10.2. The van der Waals surface area contributed by atoms with Gasteiger partial charge in [-0.1, -0.05) is 12.1 Å². The summed E-state index contributed by atoms with van der Waals surface area (Å²) < 4.78 is 2.87. The van der Waals surface area contributed by atoms with Gasteiger partial charge in [-0.15, -0.1) is 11.8 Å². The van der Waals surface area contributed by atoms with Crippen LogP contribution in [0, 0.1) is 0 Å². The third kappa shape index (κ3) is 2.46. The maximum absolute atomic E-state index is 12.1. The van der Waals surface area contributed by atoms with E-state index in [2.05, 4.69) is 9.97 Å². The quantitative estimate of drug-likeness (QED) is 0.585. The monoisotopic (exact) mass is 336 g/mol. The Bertz CT molecular complexity index is 956. The molecule has 1 aromatic carbocycles. The van der Waals surface area contributed by atoms with E-state index >= 15 is 0 Å². The molecule has 0 saturated carbocycles. The van der Waals surface area contributed by atoms with Crippen molar-refractivity contribution in [1.82, 2.24) is 19.1 Å². The Morgan fingerprint density at radius 2 is 1.95 bits per heavy atom. The summed E-state index contributed by atoms with van der Waals surface area (Å²) in [6.07, 6.45) is 2.01. The molecule has 0 fully saturated rings. The first-order valence-corrected chi connectivity index (χ1v) is 8.09. The highest BCUT2D eigenvalue weighted by Gasteiger charge is 2.16. The fourth-order valence-electron chi connectivity index (χ4n) is 2.27. The van der Waals surface area contributed by atoms with Gasteiger partial charge in [0.15, 0.2) is 11.2 Å². The molecule has 0 unspecified atom stereocenters. The maximum atomic E-state index is 12.1. The minimum atomic E-state index is -0.511. The summed E-state index contributed by atoms with van der Waals surface area (Å²) in [4.78, 5) is 31.3. The first-order valence-electron chi connectivity index (χ1n) is 6.49. The van der Waals surface area contributed by atoms with Gasteiger partial charge < -0.3 is 4.57 Å². The molecule has 114 valence electrons. The SMILES string of the molecule is CSc1ccc(Cn2c(Cl)nc3c2c(=O)[nH]c(=O)n3C)cc1. The molecule has 0 aliphatic carbocycles. The number of aryl methyl sites for hydroxylation is 1. The lowest BCUT2D eigenvalue weighted by molar-refractivity contribution is 0.806. The second kappa shape index (κ2) is 5.66. The summed E-state index contributed by atoms with van der Waals surface area (Å²) in [5.74, 6) is 0. The number of halogens is 1. The molecule has 2 aromatic heterocycles. The molecule has 2 heterocycles. The lowest BCUT2D eigenvalue weighted by Gasteiger charge is -2.06. The molecule has 8 heteroatoms. The van der Waals surface area contributed by atoms with Crippen molar-refractivity contribution in [3.05, 3.63) is 56.0 Å². The largest absolute Gasteiger partial charge is 0.329 e. The van der Waals surface area contributed by atoms with E-state index in [0.29, 0.717) is 12.1 Å². The Morgan fingerprint density at radius 1 is 1.27 bits per heavy atom. The van der Waals surface area contributed by atoms with E-state index in [1.54, 1.807) is 23.4 Å². The highest BCUT2D eigenvalue weighted by Crippen LogP contribution is 2.19. The molecular formula is C14H13ClN4O2S. The van der Waals surface area contributed by atoms with Gasteiger partial charge in [0.05, 0.1) is 6.54 Å². The van der Waals surface area contributed by atoms with Crippen LogP contribution in [0.1, 0.15) is 5.56 Å². The molecular weight excluding hydrogens is 324 g/mol. The van der Waals surface area contributed by atoms with Gasteiger partial charge in [0.25, 0.3) is 5.56 Å². The number of aromatic nitrogens is 4. The molecule has 22 heavy (non-hydrogen) atoms. The van der Waals surface area contributed by atoms with Crippen molar-refractivity contribution >= 4 is 34.5 Å². The summed E-state index contributed by atoms with van der Waals surface area (Å²) in [6, 6.07) is 7.97. The van der Waals surface area contributed by atoms with Crippen LogP contribution in [-0.4, -0.2) is 25.4 Å². The molecule has 0 saturated heterocycles. The van der Waals surface area contributed by atoms with Crippen molar-refractivity contribution in [3.63, 3.8) is 0 Å². The predicted molar refractivity (Wildman–Crippen MR) is 87.9 cm³/mol. The number of nitrogens with zero attached hydrogens (tertiary/aromatic N) is 3. The second-order valence-corrected chi connectivity index (χ2v) is 6.02. The van der Waals surface area contributed by atoms with Gasteiger partial charge in [-0.2, -0.15) is 4.98 Å². The summed E-state index contributed by atoms with van der Waals surface area (Å²) in [7, 11) is 1.54. The lowest BCUT2D eigenvalue weighted by Crippen LogP contribution is -2.29. The van der Waals surface area contributed by atoms with E-state index in [1.165, 1.54) is 4.57 Å². The third-order valence-corrected chi connectivity index (χ3v) is 4.49. The van der Waals surface area contributed by atoms with Gasteiger partial charge in [-0.25, -0.2) is 4.79 Å². The molecule has 3 rings (SSSR count). The van der Waals surface area contributed by atoms with Crippen molar-refractivity contribution < 1.29 is 0 Å². The van der Waals surface area contributed by atoms with Gasteiger partial charge in [0.2, 0.25) is 5.28 Å². The number of nitrogens with one attached hydrogen (secondary N) is 1. The van der Waals surface area contributed by atoms with E-state index in [4.69, 9.17) is 11.6 Å². The van der Waals surface area contributed by atoms with Crippen LogP contribution < -0.4 is 11.2 Å². The number of rotatable bonds is 3. The number of aromatic amines is 1. The van der Waals surface area contributed by atoms with Crippen molar-refractivity contribution in [2.24, 2.45) is 7.05 Å².